The second-order valence-electron chi connectivity index (χ2n) is 18.9. The van der Waals surface area contributed by atoms with Gasteiger partial charge in [-0.05, 0) is 167 Å². The molecule has 12 aromatic rings. The van der Waals surface area contributed by atoms with Gasteiger partial charge in [0.25, 0.3) is 0 Å². The van der Waals surface area contributed by atoms with Crippen LogP contribution in [0, 0.1) is 0 Å². The Morgan fingerprint density at radius 1 is 0.265 bits per heavy atom. The normalized spacial score (nSPS) is 14.1. The molecule has 1 atom stereocenters. The first-order valence-electron chi connectivity index (χ1n) is 24.0. The van der Waals surface area contributed by atoms with Gasteiger partial charge in [0.2, 0.25) is 0 Å². The van der Waals surface area contributed by atoms with E-state index in [1.807, 2.05) is 0 Å². The largest absolute Gasteiger partial charge is 0.0836 e. The molecule has 68 heavy (non-hydrogen) atoms. The molecule has 0 saturated carbocycles. The molecule has 0 bridgehead atoms. The first kappa shape index (κ1) is 37.6. The van der Waals surface area contributed by atoms with Crippen molar-refractivity contribution in [2.45, 2.75) is 12.3 Å². The van der Waals surface area contributed by atoms with Crippen LogP contribution in [0.3, 0.4) is 0 Å². The average Bonchev–Trinajstić information content (AvgIpc) is 3.95. The van der Waals surface area contributed by atoms with E-state index in [-0.39, 0.29) is 5.92 Å². The minimum absolute atomic E-state index is 0.228. The van der Waals surface area contributed by atoms with Gasteiger partial charge in [0.15, 0.2) is 0 Å². The summed E-state index contributed by atoms with van der Waals surface area (Å²) in [5, 5.41) is 10.8. The fourth-order valence-electron chi connectivity index (χ4n) is 12.6. The van der Waals surface area contributed by atoms with E-state index in [2.05, 4.69) is 237 Å². The Kier molecular flexibility index (Phi) is 8.00. The quantitative estimate of drug-likeness (QED) is 0.115. The summed E-state index contributed by atoms with van der Waals surface area (Å²) in [5.41, 5.74) is 24.7. The first-order valence-corrected chi connectivity index (χ1v) is 24.0. The molecule has 0 heterocycles. The molecular weight excluding hydrogens is 817 g/mol. The van der Waals surface area contributed by atoms with Gasteiger partial charge in [-0.3, -0.25) is 0 Å². The monoisotopic (exact) mass is 858 g/mol. The summed E-state index contributed by atoms with van der Waals surface area (Å²) in [6, 6.07) is 79.9. The van der Waals surface area contributed by atoms with Crippen LogP contribution in [-0.2, 0) is 0 Å². The van der Waals surface area contributed by atoms with Crippen LogP contribution in [0.1, 0.15) is 17.9 Å². The number of fused-ring (bicyclic) bond motifs is 8. The lowest BCUT2D eigenvalue weighted by Gasteiger charge is -2.24. The summed E-state index contributed by atoms with van der Waals surface area (Å²) >= 11 is 0. The number of allylic oxidation sites excluding steroid dienone is 4. The summed E-state index contributed by atoms with van der Waals surface area (Å²) in [4.78, 5) is 0. The average molecular weight is 859 g/mol. The third kappa shape index (κ3) is 5.20. The molecule has 3 aliphatic rings. The Labute approximate surface area is 395 Å². The van der Waals surface area contributed by atoms with Crippen LogP contribution >= 0.6 is 0 Å². The Morgan fingerprint density at radius 3 is 1.22 bits per heavy atom. The molecule has 0 heteroatoms. The molecule has 0 aromatic heterocycles. The zero-order chi connectivity index (χ0) is 44.5. The second-order valence-corrected chi connectivity index (χ2v) is 18.9. The van der Waals surface area contributed by atoms with Gasteiger partial charge < -0.3 is 0 Å². The van der Waals surface area contributed by atoms with E-state index in [0.29, 0.717) is 0 Å². The van der Waals surface area contributed by atoms with Gasteiger partial charge in [0.1, 0.15) is 0 Å². The lowest BCUT2D eigenvalue weighted by Crippen LogP contribution is -2.01. The van der Waals surface area contributed by atoms with Crippen LogP contribution in [0.2, 0.25) is 0 Å². The molecule has 0 amide bonds. The summed E-state index contributed by atoms with van der Waals surface area (Å²) < 4.78 is 0. The summed E-state index contributed by atoms with van der Waals surface area (Å²) in [7, 11) is 0. The predicted molar refractivity (Wildman–Crippen MR) is 289 cm³/mol. The van der Waals surface area contributed by atoms with E-state index >= 15 is 0 Å². The number of hydrogen-bond acceptors (Lipinski definition) is 0. The maximum absolute atomic E-state index is 2.63. The third-order valence-electron chi connectivity index (χ3n) is 15.4. The van der Waals surface area contributed by atoms with Crippen LogP contribution in [0.5, 0.6) is 0 Å². The van der Waals surface area contributed by atoms with Crippen LogP contribution in [0.15, 0.2) is 237 Å². The van der Waals surface area contributed by atoms with Gasteiger partial charge in [-0.25, -0.2) is 0 Å². The van der Waals surface area contributed by atoms with Gasteiger partial charge in [-0.1, -0.05) is 224 Å². The summed E-state index contributed by atoms with van der Waals surface area (Å²) in [6.07, 6.45) is 10.2. The topological polar surface area (TPSA) is 0 Å². The van der Waals surface area contributed by atoms with Crippen LogP contribution in [0.4, 0.5) is 0 Å². The van der Waals surface area contributed by atoms with Crippen molar-refractivity contribution in [3.05, 3.63) is 242 Å². The van der Waals surface area contributed by atoms with E-state index in [1.165, 1.54) is 149 Å². The second kappa shape index (κ2) is 14.5. The molecule has 15 rings (SSSR count). The SMILES string of the molecule is C1=CCC(c2cc3c4ccc5c6c(cc(-c7ccccc7)c(c7ccc8c(c2-c2c(-c9ccccc9)ccc(-c9ccccc9)c2-8)c37)c64)-c2c(-c3ccccc3)ccc(-c3ccccc3)c2-5)C=C1. The molecule has 0 spiro atoms. The van der Waals surface area contributed by atoms with E-state index < -0.39 is 0 Å². The Balaban J connectivity index is 1.14. The molecule has 3 aliphatic carbocycles. The van der Waals surface area contributed by atoms with E-state index in [0.717, 1.165) is 6.42 Å². The van der Waals surface area contributed by atoms with E-state index in [9.17, 15) is 0 Å². The predicted octanol–water partition coefficient (Wildman–Crippen LogP) is 19.0. The fourth-order valence-corrected chi connectivity index (χ4v) is 12.6. The number of hydrogen-bond donors (Lipinski definition) is 0. The molecule has 12 aromatic carbocycles. The van der Waals surface area contributed by atoms with Crippen molar-refractivity contribution < 1.29 is 0 Å². The van der Waals surface area contributed by atoms with E-state index in [4.69, 9.17) is 0 Å². The highest BCUT2D eigenvalue weighted by atomic mass is 14.4. The summed E-state index contributed by atoms with van der Waals surface area (Å²) in [6.45, 7) is 0. The Morgan fingerprint density at radius 2 is 0.706 bits per heavy atom. The molecule has 0 nitrogen and oxygen atoms in total. The van der Waals surface area contributed by atoms with Crippen LogP contribution in [-0.4, -0.2) is 0 Å². The van der Waals surface area contributed by atoms with Crippen LogP contribution < -0.4 is 0 Å². The summed E-state index contributed by atoms with van der Waals surface area (Å²) in [5.74, 6) is 0.228. The number of rotatable bonds is 6. The van der Waals surface area contributed by atoms with Gasteiger partial charge in [-0.15, -0.1) is 0 Å². The lowest BCUT2D eigenvalue weighted by atomic mass is 9.79. The molecule has 0 N–H and O–H groups in total. The van der Waals surface area contributed by atoms with Crippen molar-refractivity contribution in [2.75, 3.05) is 0 Å². The minimum atomic E-state index is 0.228. The highest BCUT2D eigenvalue weighted by molar-refractivity contribution is 6.43. The molecular formula is C68H42. The fraction of sp³-hybridized carbons (Fsp3) is 0.0294. The lowest BCUT2D eigenvalue weighted by molar-refractivity contribution is 0.859. The maximum Gasteiger partial charge on any atom is 0.00623 e. The van der Waals surface area contributed by atoms with Crippen molar-refractivity contribution in [3.63, 3.8) is 0 Å². The minimum Gasteiger partial charge on any atom is -0.0836 e. The van der Waals surface area contributed by atoms with Gasteiger partial charge in [-0.2, -0.15) is 0 Å². The van der Waals surface area contributed by atoms with Crippen molar-refractivity contribution >= 4 is 43.1 Å². The van der Waals surface area contributed by atoms with Gasteiger partial charge >= 0.3 is 0 Å². The van der Waals surface area contributed by atoms with Gasteiger partial charge in [0, 0.05) is 5.92 Å². The van der Waals surface area contributed by atoms with E-state index in [1.54, 1.807) is 0 Å². The van der Waals surface area contributed by atoms with Crippen molar-refractivity contribution in [2.24, 2.45) is 0 Å². The van der Waals surface area contributed by atoms with Gasteiger partial charge in [0.05, 0.1) is 0 Å². The molecule has 1 unspecified atom stereocenters. The zero-order valence-electron chi connectivity index (χ0n) is 37.3. The Bertz CT molecular complexity index is 4100. The van der Waals surface area contributed by atoms with Crippen LogP contribution in [0.25, 0.3) is 143 Å². The highest BCUT2D eigenvalue weighted by Gasteiger charge is 2.36. The van der Waals surface area contributed by atoms with Crippen molar-refractivity contribution in [3.8, 4) is 100 Å². The van der Waals surface area contributed by atoms with Crippen molar-refractivity contribution in [1.29, 1.82) is 0 Å². The highest BCUT2D eigenvalue weighted by Crippen LogP contribution is 2.63. The molecule has 0 fully saturated rings. The number of benzene rings is 12. The molecule has 0 radical (unpaired) electrons. The first-order chi connectivity index (χ1) is 33.8. The smallest absolute Gasteiger partial charge is 0.00623 e. The standard InChI is InChI=1S/C68H42/c1-7-19-41(20-8-1)47-31-32-49(43-23-11-3-12-24-43)61-58-40-55(45-27-15-5-16-28-45)62-53-37-38-54-60-48(42-21-9-2-10-22-42)33-34-50(44-25-13-4-14-26-44)65(60)68-56(46-29-17-6-18-30-46)39-57(63(53)67(54)68)51-35-36-52(59(47)61)64(58)66(51)62/h1-29,31-40,46H,30H2. The molecule has 0 aliphatic heterocycles. The Hall–Kier alpha value is -8.58. The molecule has 0 saturated heterocycles. The zero-order valence-corrected chi connectivity index (χ0v) is 37.3. The maximum atomic E-state index is 2.63. The third-order valence-corrected chi connectivity index (χ3v) is 15.4. The van der Waals surface area contributed by atoms with Crippen molar-refractivity contribution in [1.82, 2.24) is 0 Å². The molecule has 314 valence electrons.